The van der Waals surface area contributed by atoms with Crippen molar-refractivity contribution in [1.82, 2.24) is 0 Å². The monoisotopic (exact) mass is 1110 g/mol. The quantitative estimate of drug-likeness (QED) is 0.151. The van der Waals surface area contributed by atoms with Gasteiger partial charge in [0.15, 0.2) is 0 Å². The maximum absolute atomic E-state index is 6.79. The smallest absolute Gasteiger partial charge is 0.126 e. The van der Waals surface area contributed by atoms with Crippen LogP contribution in [0.4, 0.5) is 0 Å². The van der Waals surface area contributed by atoms with E-state index in [2.05, 4.69) is 211 Å². The van der Waals surface area contributed by atoms with Gasteiger partial charge in [-0.3, -0.25) is 0 Å². The van der Waals surface area contributed by atoms with E-state index in [1.54, 1.807) is 0 Å². The van der Waals surface area contributed by atoms with Gasteiger partial charge in [-0.1, -0.05) is 211 Å². The van der Waals surface area contributed by atoms with Gasteiger partial charge in [0.2, 0.25) is 0 Å². The Morgan fingerprint density at radius 1 is 0.256 bits per heavy atom. The molecule has 0 radical (unpaired) electrons. The normalized spacial score (nSPS) is 15.6. The van der Waals surface area contributed by atoms with E-state index in [9.17, 15) is 0 Å². The summed E-state index contributed by atoms with van der Waals surface area (Å²) in [6, 6.07) is 28.8. The molecule has 0 heterocycles. The van der Waals surface area contributed by atoms with Crippen molar-refractivity contribution in [2.24, 2.45) is 0 Å². The highest BCUT2D eigenvalue weighted by atomic mass is 16.5. The molecule has 82 heavy (non-hydrogen) atoms. The molecule has 6 heteroatoms. The average Bonchev–Trinajstić information content (AvgIpc) is 2.56. The van der Waals surface area contributed by atoms with Gasteiger partial charge in [-0.15, -0.1) is 0 Å². The van der Waals surface area contributed by atoms with Crippen molar-refractivity contribution in [3.05, 3.63) is 173 Å². The standard InChI is InChI=1S/C76H104O6/c1-27-59-61-41-55(73(9,10)11)37-49(67(61)79-23)29-45-33-53(71(3,4)5)35-47(65(45)77-21)31-51-39-57(75(15,16)17)43-63(69(51)81-25)60(28-2)64-44-58(76(18,19)20)40-52(70(64)82-26)32-48-36-54(72(6,7)8)34-46(66(48)78-22)30-50-38-56(74(12,13)14)42-62(59)68(50)80-24/h33-44,59-60H,27-32H2,1-26H3. The molecule has 1 aliphatic carbocycles. The Morgan fingerprint density at radius 2 is 0.402 bits per heavy atom. The van der Waals surface area contributed by atoms with Crippen LogP contribution in [0.15, 0.2) is 72.8 Å². The van der Waals surface area contributed by atoms with Gasteiger partial charge in [0.25, 0.3) is 0 Å². The maximum Gasteiger partial charge on any atom is 0.126 e. The van der Waals surface area contributed by atoms with Crippen LogP contribution in [0.2, 0.25) is 0 Å². The van der Waals surface area contributed by atoms with Crippen molar-refractivity contribution in [2.75, 3.05) is 42.7 Å². The molecule has 6 aromatic carbocycles. The summed E-state index contributed by atoms with van der Waals surface area (Å²) in [5.74, 6) is 5.22. The Labute approximate surface area is 497 Å². The fourth-order valence-corrected chi connectivity index (χ4v) is 12.6. The second-order valence-corrected chi connectivity index (χ2v) is 29.8. The van der Waals surface area contributed by atoms with Crippen LogP contribution >= 0.6 is 0 Å². The summed E-state index contributed by atoms with van der Waals surface area (Å²) in [7, 11) is 11.1. The first kappa shape index (κ1) is 63.7. The third kappa shape index (κ3) is 13.1. The highest BCUT2D eigenvalue weighted by Crippen LogP contribution is 2.50. The number of ether oxygens (including phenoxy) is 6. The van der Waals surface area contributed by atoms with Crippen molar-refractivity contribution in [2.45, 2.75) is 221 Å². The second-order valence-electron chi connectivity index (χ2n) is 29.8. The molecule has 0 saturated heterocycles. The minimum atomic E-state index is -0.171. The molecule has 0 atom stereocenters. The zero-order valence-corrected chi connectivity index (χ0v) is 55.8. The largest absolute Gasteiger partial charge is 0.496 e. The van der Waals surface area contributed by atoms with Gasteiger partial charge in [-0.2, -0.15) is 0 Å². The van der Waals surface area contributed by atoms with E-state index in [0.29, 0.717) is 25.7 Å². The predicted octanol–water partition coefficient (Wildman–Crippen LogP) is 19.3. The molecule has 1 aliphatic rings. The Balaban J connectivity index is 1.72. The number of fused-ring (bicyclic) bond motifs is 12. The molecular formula is C76H104O6. The number of methoxy groups -OCH3 is 6. The van der Waals surface area contributed by atoms with Gasteiger partial charge < -0.3 is 28.4 Å². The van der Waals surface area contributed by atoms with Gasteiger partial charge in [-0.05, 0) is 123 Å². The Kier molecular flexibility index (Phi) is 18.4. The fraction of sp³-hybridized carbons (Fsp3) is 0.526. The SMILES string of the molecule is CCC1c2cc(C(C)(C)C)cc(c2OC)Cc2cc(C(C)(C)C)cc(c2OC)Cc2cc(C(C)(C)C)cc(c2OC)C(CC)c2cc(C(C)(C)C)cc(c2OC)Cc2cc(C(C)(C)C)cc(c2OC)Cc2cc(C(C)(C)C)cc1c2OC. The highest BCUT2D eigenvalue weighted by Gasteiger charge is 2.34. The summed E-state index contributed by atoms with van der Waals surface area (Å²) >= 11 is 0. The molecule has 0 unspecified atom stereocenters. The molecule has 0 N–H and O–H groups in total. The minimum Gasteiger partial charge on any atom is -0.496 e. The van der Waals surface area contributed by atoms with Gasteiger partial charge >= 0.3 is 0 Å². The van der Waals surface area contributed by atoms with Crippen LogP contribution in [0.25, 0.3) is 0 Å². The van der Waals surface area contributed by atoms with E-state index in [-0.39, 0.29) is 44.3 Å². The van der Waals surface area contributed by atoms with Gasteiger partial charge in [-0.25, -0.2) is 0 Å². The molecule has 0 aromatic heterocycles. The Bertz CT molecular complexity index is 2880. The van der Waals surface area contributed by atoms with Crippen molar-refractivity contribution in [3.8, 4) is 34.5 Å². The zero-order chi connectivity index (χ0) is 61.0. The first-order valence-corrected chi connectivity index (χ1v) is 30.3. The molecule has 444 valence electrons. The van der Waals surface area contributed by atoms with Gasteiger partial charge in [0, 0.05) is 59.8 Å². The Morgan fingerprint density at radius 3 is 0.537 bits per heavy atom. The first-order chi connectivity index (χ1) is 38.1. The molecule has 0 amide bonds. The second kappa shape index (κ2) is 23.6. The van der Waals surface area contributed by atoms with Crippen LogP contribution < -0.4 is 28.4 Å². The summed E-state index contributed by atoms with van der Waals surface area (Å²) < 4.78 is 40.6. The maximum atomic E-state index is 6.79. The third-order valence-corrected chi connectivity index (χ3v) is 17.5. The van der Waals surface area contributed by atoms with E-state index < -0.39 is 0 Å². The van der Waals surface area contributed by atoms with E-state index >= 15 is 0 Å². The predicted molar refractivity (Wildman–Crippen MR) is 346 cm³/mol. The van der Waals surface area contributed by atoms with E-state index in [0.717, 1.165) is 114 Å². The topological polar surface area (TPSA) is 55.4 Å². The third-order valence-electron chi connectivity index (χ3n) is 17.5. The van der Waals surface area contributed by atoms with E-state index in [1.165, 1.54) is 33.4 Å². The number of rotatable bonds is 8. The fourth-order valence-electron chi connectivity index (χ4n) is 12.6. The molecule has 0 saturated carbocycles. The zero-order valence-electron chi connectivity index (χ0n) is 55.8. The summed E-state index contributed by atoms with van der Waals surface area (Å²) in [4.78, 5) is 0. The summed E-state index contributed by atoms with van der Waals surface area (Å²) in [5.41, 5.74) is 20.1. The molecule has 7 rings (SSSR count). The van der Waals surface area contributed by atoms with Crippen LogP contribution in [-0.2, 0) is 58.2 Å². The molecule has 0 fully saturated rings. The van der Waals surface area contributed by atoms with Crippen molar-refractivity contribution < 1.29 is 28.4 Å². The van der Waals surface area contributed by atoms with Crippen LogP contribution in [0, 0.1) is 0 Å². The summed E-state index contributed by atoms with van der Waals surface area (Å²) in [6.07, 6.45) is 4.04. The van der Waals surface area contributed by atoms with Crippen LogP contribution in [-0.4, -0.2) is 42.7 Å². The molecule has 6 aromatic rings. The Hall–Kier alpha value is -5.88. The number of benzene rings is 6. The lowest BCUT2D eigenvalue weighted by molar-refractivity contribution is 0.389. The van der Waals surface area contributed by atoms with Gasteiger partial charge in [0.05, 0.1) is 42.7 Å². The van der Waals surface area contributed by atoms with E-state index in [4.69, 9.17) is 28.4 Å². The average molecular weight is 1110 g/mol. The molecule has 0 aliphatic heterocycles. The van der Waals surface area contributed by atoms with Crippen molar-refractivity contribution in [3.63, 3.8) is 0 Å². The minimum absolute atomic E-state index is 0.0743. The van der Waals surface area contributed by atoms with Crippen LogP contribution in [0.5, 0.6) is 34.5 Å². The van der Waals surface area contributed by atoms with Crippen molar-refractivity contribution >= 4 is 0 Å². The summed E-state index contributed by atoms with van der Waals surface area (Å²) in [6.45, 7) is 46.3. The molecule has 12 bridgehead atoms. The molecule has 0 spiro atoms. The lowest BCUT2D eigenvalue weighted by Crippen LogP contribution is -2.18. The first-order valence-electron chi connectivity index (χ1n) is 30.3. The summed E-state index contributed by atoms with van der Waals surface area (Å²) in [5, 5.41) is 0. The highest BCUT2D eigenvalue weighted by molar-refractivity contribution is 5.63. The lowest BCUT2D eigenvalue weighted by Gasteiger charge is -2.31. The van der Waals surface area contributed by atoms with Crippen LogP contribution in [0.1, 0.15) is 263 Å². The molecular weight excluding hydrogens is 1010 g/mol. The molecule has 6 nitrogen and oxygen atoms in total. The van der Waals surface area contributed by atoms with Crippen LogP contribution in [0.3, 0.4) is 0 Å². The number of hydrogen-bond acceptors (Lipinski definition) is 6. The lowest BCUT2D eigenvalue weighted by atomic mass is 9.76. The van der Waals surface area contributed by atoms with Crippen molar-refractivity contribution in [1.29, 1.82) is 0 Å². The van der Waals surface area contributed by atoms with Gasteiger partial charge in [0.1, 0.15) is 34.5 Å². The van der Waals surface area contributed by atoms with E-state index in [1.807, 2.05) is 42.7 Å². The number of hydrogen-bond donors (Lipinski definition) is 0.